The minimum absolute atomic E-state index is 0.144. The van der Waals surface area contributed by atoms with Gasteiger partial charge >= 0.3 is 0 Å². The number of likely N-dealkylation sites (tertiary alicyclic amines) is 1. The summed E-state index contributed by atoms with van der Waals surface area (Å²) in [6.45, 7) is 5.55. The molecule has 0 spiro atoms. The summed E-state index contributed by atoms with van der Waals surface area (Å²) < 4.78 is 0. The topological polar surface area (TPSA) is 43.8 Å². The van der Waals surface area contributed by atoms with Crippen molar-refractivity contribution in [3.63, 3.8) is 0 Å². The van der Waals surface area contributed by atoms with Crippen molar-refractivity contribution in [2.24, 2.45) is 0 Å². The van der Waals surface area contributed by atoms with Gasteiger partial charge in [-0.25, -0.2) is 0 Å². The maximum absolute atomic E-state index is 11.8. The zero-order valence-corrected chi connectivity index (χ0v) is 9.94. The molecule has 0 saturated carbocycles. The van der Waals surface area contributed by atoms with E-state index in [1.54, 1.807) is 4.90 Å². The highest BCUT2D eigenvalue weighted by Crippen LogP contribution is 2.16. The third-order valence-electron chi connectivity index (χ3n) is 3.22. The standard InChI is InChI=1S/C11H22N2O2/c1-9(2)12(3)11(15)7-13-6-4-5-10(13)8-14/h9-10,14H,4-8H2,1-3H3. The highest BCUT2D eigenvalue weighted by molar-refractivity contribution is 5.78. The van der Waals surface area contributed by atoms with Gasteiger partial charge in [-0.3, -0.25) is 9.69 Å². The summed E-state index contributed by atoms with van der Waals surface area (Å²) in [6.07, 6.45) is 2.10. The van der Waals surface area contributed by atoms with Gasteiger partial charge in [-0.15, -0.1) is 0 Å². The maximum atomic E-state index is 11.8. The zero-order chi connectivity index (χ0) is 11.4. The van der Waals surface area contributed by atoms with Crippen LogP contribution in [0, 0.1) is 0 Å². The van der Waals surface area contributed by atoms with Gasteiger partial charge in [0.15, 0.2) is 0 Å². The largest absolute Gasteiger partial charge is 0.395 e. The number of aliphatic hydroxyl groups is 1. The van der Waals surface area contributed by atoms with Crippen LogP contribution in [0.25, 0.3) is 0 Å². The normalized spacial score (nSPS) is 22.3. The third kappa shape index (κ3) is 3.18. The number of carbonyl (C=O) groups excluding carboxylic acids is 1. The van der Waals surface area contributed by atoms with E-state index in [1.165, 1.54) is 0 Å². The summed E-state index contributed by atoms with van der Waals surface area (Å²) in [5.41, 5.74) is 0. The first-order valence-electron chi connectivity index (χ1n) is 5.66. The summed E-state index contributed by atoms with van der Waals surface area (Å²) in [6, 6.07) is 0.433. The van der Waals surface area contributed by atoms with Crippen LogP contribution in [0.3, 0.4) is 0 Å². The second-order valence-electron chi connectivity index (χ2n) is 4.55. The Kier molecular flexibility index (Phi) is 4.54. The van der Waals surface area contributed by atoms with Crippen molar-refractivity contribution in [3.8, 4) is 0 Å². The smallest absolute Gasteiger partial charge is 0.236 e. The van der Waals surface area contributed by atoms with Crippen LogP contribution in [0.4, 0.5) is 0 Å². The summed E-state index contributed by atoms with van der Waals surface area (Å²) in [5.74, 6) is 0.144. The molecule has 1 atom stereocenters. The van der Waals surface area contributed by atoms with E-state index in [9.17, 15) is 4.79 Å². The number of nitrogens with zero attached hydrogens (tertiary/aromatic N) is 2. The van der Waals surface area contributed by atoms with E-state index in [4.69, 9.17) is 5.11 Å². The number of likely N-dealkylation sites (N-methyl/N-ethyl adjacent to an activating group) is 1. The van der Waals surface area contributed by atoms with Crippen LogP contribution in [-0.4, -0.2) is 59.6 Å². The Morgan fingerprint density at radius 2 is 2.27 bits per heavy atom. The Balaban J connectivity index is 2.43. The quantitative estimate of drug-likeness (QED) is 0.732. The number of hydrogen-bond donors (Lipinski definition) is 1. The first-order chi connectivity index (χ1) is 7.06. The van der Waals surface area contributed by atoms with E-state index in [0.717, 1.165) is 19.4 Å². The fourth-order valence-electron chi connectivity index (χ4n) is 1.88. The summed E-state index contributed by atoms with van der Waals surface area (Å²) >= 11 is 0. The molecule has 0 aromatic heterocycles. The lowest BCUT2D eigenvalue weighted by atomic mass is 10.2. The van der Waals surface area contributed by atoms with Crippen molar-refractivity contribution in [1.29, 1.82) is 0 Å². The summed E-state index contributed by atoms with van der Waals surface area (Å²) in [7, 11) is 1.83. The molecule has 1 N–H and O–H groups in total. The number of aliphatic hydroxyl groups excluding tert-OH is 1. The van der Waals surface area contributed by atoms with Gasteiger partial charge in [0.25, 0.3) is 0 Å². The predicted molar refractivity (Wildman–Crippen MR) is 59.6 cm³/mol. The molecule has 0 aliphatic carbocycles. The molecule has 1 unspecified atom stereocenters. The Hall–Kier alpha value is -0.610. The van der Waals surface area contributed by atoms with E-state index >= 15 is 0 Å². The molecular formula is C11H22N2O2. The maximum Gasteiger partial charge on any atom is 0.236 e. The average Bonchev–Trinajstić information content (AvgIpc) is 2.63. The molecule has 1 rings (SSSR count). The van der Waals surface area contributed by atoms with E-state index in [0.29, 0.717) is 6.54 Å². The molecule has 1 saturated heterocycles. The Morgan fingerprint density at radius 1 is 1.60 bits per heavy atom. The molecule has 1 fully saturated rings. The van der Waals surface area contributed by atoms with E-state index in [1.807, 2.05) is 20.9 Å². The molecular weight excluding hydrogens is 192 g/mol. The van der Waals surface area contributed by atoms with Crippen molar-refractivity contribution in [2.75, 3.05) is 26.7 Å². The lowest BCUT2D eigenvalue weighted by Gasteiger charge is -2.27. The predicted octanol–water partition coefficient (Wildman–Crippen LogP) is 0.310. The van der Waals surface area contributed by atoms with Crippen molar-refractivity contribution in [3.05, 3.63) is 0 Å². The van der Waals surface area contributed by atoms with Gasteiger partial charge in [-0.1, -0.05) is 0 Å². The van der Waals surface area contributed by atoms with Crippen LogP contribution in [0.15, 0.2) is 0 Å². The molecule has 1 aliphatic heterocycles. The molecule has 0 aromatic rings. The minimum Gasteiger partial charge on any atom is -0.395 e. The lowest BCUT2D eigenvalue weighted by Crippen LogP contribution is -2.43. The molecule has 0 radical (unpaired) electrons. The van der Waals surface area contributed by atoms with E-state index < -0.39 is 0 Å². The average molecular weight is 214 g/mol. The van der Waals surface area contributed by atoms with Crippen molar-refractivity contribution in [2.45, 2.75) is 38.8 Å². The number of rotatable bonds is 4. The van der Waals surface area contributed by atoms with Crippen LogP contribution >= 0.6 is 0 Å². The van der Waals surface area contributed by atoms with Crippen molar-refractivity contribution < 1.29 is 9.90 Å². The van der Waals surface area contributed by atoms with Crippen LogP contribution in [0.2, 0.25) is 0 Å². The molecule has 0 aromatic carbocycles. The zero-order valence-electron chi connectivity index (χ0n) is 9.94. The number of amides is 1. The summed E-state index contributed by atoms with van der Waals surface area (Å²) in [5, 5.41) is 9.13. The molecule has 1 heterocycles. The summed E-state index contributed by atoms with van der Waals surface area (Å²) in [4.78, 5) is 15.6. The number of carbonyl (C=O) groups is 1. The highest BCUT2D eigenvalue weighted by Gasteiger charge is 2.26. The van der Waals surface area contributed by atoms with Gasteiger partial charge in [0.2, 0.25) is 5.91 Å². The van der Waals surface area contributed by atoms with Gasteiger partial charge in [0, 0.05) is 19.1 Å². The first-order valence-corrected chi connectivity index (χ1v) is 5.66. The monoisotopic (exact) mass is 214 g/mol. The lowest BCUT2D eigenvalue weighted by molar-refractivity contribution is -0.132. The van der Waals surface area contributed by atoms with Crippen LogP contribution in [0.5, 0.6) is 0 Å². The SMILES string of the molecule is CC(C)N(C)C(=O)CN1CCCC1CO. The van der Waals surface area contributed by atoms with E-state index in [2.05, 4.69) is 4.90 Å². The fourth-order valence-corrected chi connectivity index (χ4v) is 1.88. The molecule has 88 valence electrons. The Bertz CT molecular complexity index is 219. The van der Waals surface area contributed by atoms with Gasteiger partial charge in [0.05, 0.1) is 13.2 Å². The molecule has 1 amide bonds. The van der Waals surface area contributed by atoms with Crippen LogP contribution < -0.4 is 0 Å². The second kappa shape index (κ2) is 5.47. The second-order valence-corrected chi connectivity index (χ2v) is 4.55. The van der Waals surface area contributed by atoms with Crippen LogP contribution in [-0.2, 0) is 4.79 Å². The van der Waals surface area contributed by atoms with Gasteiger partial charge in [-0.2, -0.15) is 0 Å². The molecule has 4 nitrogen and oxygen atoms in total. The van der Waals surface area contributed by atoms with Crippen LogP contribution in [0.1, 0.15) is 26.7 Å². The van der Waals surface area contributed by atoms with E-state index in [-0.39, 0.29) is 24.6 Å². The first kappa shape index (κ1) is 12.5. The van der Waals surface area contributed by atoms with Crippen molar-refractivity contribution >= 4 is 5.91 Å². The van der Waals surface area contributed by atoms with Gasteiger partial charge in [0.1, 0.15) is 0 Å². The highest BCUT2D eigenvalue weighted by atomic mass is 16.3. The molecule has 1 aliphatic rings. The van der Waals surface area contributed by atoms with Gasteiger partial charge < -0.3 is 10.0 Å². The number of hydrogen-bond acceptors (Lipinski definition) is 3. The Morgan fingerprint density at radius 3 is 2.80 bits per heavy atom. The molecule has 15 heavy (non-hydrogen) atoms. The Labute approximate surface area is 91.9 Å². The molecule has 4 heteroatoms. The fraction of sp³-hybridized carbons (Fsp3) is 0.909. The third-order valence-corrected chi connectivity index (χ3v) is 3.22. The van der Waals surface area contributed by atoms with Crippen molar-refractivity contribution in [1.82, 2.24) is 9.80 Å². The molecule has 0 bridgehead atoms. The minimum atomic E-state index is 0.144. The van der Waals surface area contributed by atoms with Gasteiger partial charge in [-0.05, 0) is 33.2 Å².